The van der Waals surface area contributed by atoms with E-state index in [9.17, 15) is 9.59 Å². The summed E-state index contributed by atoms with van der Waals surface area (Å²) in [7, 11) is 0. The number of piperazine rings is 1. The van der Waals surface area contributed by atoms with Gasteiger partial charge in [-0.05, 0) is 74.8 Å². The van der Waals surface area contributed by atoms with Gasteiger partial charge in [-0.3, -0.25) is 14.6 Å². The SMILES string of the molecule is O=C(c1cccc2ncccc12)N1CCN(c2ccc(OCCCN3CCCC3)cc2)C(=O)C1. The summed E-state index contributed by atoms with van der Waals surface area (Å²) >= 11 is 0. The topological polar surface area (TPSA) is 66.0 Å². The third kappa shape index (κ3) is 4.89. The number of amides is 2. The van der Waals surface area contributed by atoms with Crippen molar-refractivity contribution in [3.63, 3.8) is 0 Å². The summed E-state index contributed by atoms with van der Waals surface area (Å²) in [5.41, 5.74) is 2.19. The van der Waals surface area contributed by atoms with E-state index in [0.29, 0.717) is 25.3 Å². The van der Waals surface area contributed by atoms with E-state index in [0.717, 1.165) is 35.3 Å². The number of rotatable bonds is 7. The van der Waals surface area contributed by atoms with Gasteiger partial charge in [0.05, 0.1) is 12.1 Å². The van der Waals surface area contributed by atoms with Crippen LogP contribution in [0, 0.1) is 0 Å². The Bertz CT molecular complexity index is 1150. The van der Waals surface area contributed by atoms with Crippen LogP contribution in [-0.4, -0.2) is 72.5 Å². The minimum atomic E-state index is -0.135. The first-order valence-electron chi connectivity index (χ1n) is 12.1. The first-order valence-corrected chi connectivity index (χ1v) is 12.1. The van der Waals surface area contributed by atoms with Gasteiger partial charge < -0.3 is 19.4 Å². The molecule has 2 aliphatic rings. The second-order valence-corrected chi connectivity index (χ2v) is 8.89. The molecule has 0 radical (unpaired) electrons. The highest BCUT2D eigenvalue weighted by molar-refractivity contribution is 6.08. The van der Waals surface area contributed by atoms with Crippen molar-refractivity contribution in [2.75, 3.05) is 50.8 Å². The Labute approximate surface area is 199 Å². The lowest BCUT2D eigenvalue weighted by atomic mass is 10.1. The monoisotopic (exact) mass is 458 g/mol. The fourth-order valence-electron chi connectivity index (χ4n) is 4.79. The van der Waals surface area contributed by atoms with Gasteiger partial charge in [-0.25, -0.2) is 0 Å². The van der Waals surface area contributed by atoms with Crippen molar-refractivity contribution >= 4 is 28.4 Å². The lowest BCUT2D eigenvalue weighted by Gasteiger charge is -2.34. The van der Waals surface area contributed by atoms with Crippen LogP contribution in [0.4, 0.5) is 5.69 Å². The molecule has 7 heteroatoms. The summed E-state index contributed by atoms with van der Waals surface area (Å²) in [6.45, 7) is 5.20. The van der Waals surface area contributed by atoms with Gasteiger partial charge in [-0.15, -0.1) is 0 Å². The van der Waals surface area contributed by atoms with Crippen molar-refractivity contribution in [1.29, 1.82) is 0 Å². The molecule has 2 saturated heterocycles. The minimum Gasteiger partial charge on any atom is -0.494 e. The zero-order valence-corrected chi connectivity index (χ0v) is 19.4. The van der Waals surface area contributed by atoms with Crippen LogP contribution in [0.3, 0.4) is 0 Å². The summed E-state index contributed by atoms with van der Waals surface area (Å²) < 4.78 is 5.88. The smallest absolute Gasteiger partial charge is 0.255 e. The van der Waals surface area contributed by atoms with Gasteiger partial charge in [0.2, 0.25) is 5.91 Å². The summed E-state index contributed by atoms with van der Waals surface area (Å²) in [5, 5.41) is 0.806. The van der Waals surface area contributed by atoms with Crippen LogP contribution in [0.15, 0.2) is 60.8 Å². The predicted molar refractivity (Wildman–Crippen MR) is 132 cm³/mol. The molecule has 0 aliphatic carbocycles. The van der Waals surface area contributed by atoms with Crippen molar-refractivity contribution in [3.05, 3.63) is 66.4 Å². The molecule has 0 N–H and O–H groups in total. The zero-order chi connectivity index (χ0) is 23.3. The summed E-state index contributed by atoms with van der Waals surface area (Å²) in [6.07, 6.45) is 5.35. The molecule has 34 heavy (non-hydrogen) atoms. The number of anilines is 1. The molecular formula is C27H30N4O3. The van der Waals surface area contributed by atoms with Gasteiger partial charge in [-0.1, -0.05) is 12.1 Å². The molecule has 0 bridgehead atoms. The predicted octanol–water partition coefficient (Wildman–Crippen LogP) is 3.59. The number of hydrogen-bond acceptors (Lipinski definition) is 5. The third-order valence-corrected chi connectivity index (χ3v) is 6.62. The van der Waals surface area contributed by atoms with E-state index in [4.69, 9.17) is 4.74 Å². The lowest BCUT2D eigenvalue weighted by molar-refractivity contribution is -0.120. The van der Waals surface area contributed by atoms with Gasteiger partial charge in [0.1, 0.15) is 12.3 Å². The number of fused-ring (bicyclic) bond motifs is 1. The van der Waals surface area contributed by atoms with Crippen molar-refractivity contribution in [1.82, 2.24) is 14.8 Å². The fourth-order valence-corrected chi connectivity index (χ4v) is 4.79. The average molecular weight is 459 g/mol. The molecule has 0 unspecified atom stereocenters. The summed E-state index contributed by atoms with van der Waals surface area (Å²) in [5.74, 6) is 0.595. The van der Waals surface area contributed by atoms with Crippen molar-refractivity contribution in [3.8, 4) is 5.75 Å². The van der Waals surface area contributed by atoms with Crippen LogP contribution < -0.4 is 9.64 Å². The van der Waals surface area contributed by atoms with Crippen LogP contribution in [0.2, 0.25) is 0 Å². The Balaban J connectivity index is 1.16. The van der Waals surface area contributed by atoms with E-state index in [2.05, 4.69) is 9.88 Å². The highest BCUT2D eigenvalue weighted by atomic mass is 16.5. The molecule has 5 rings (SSSR count). The number of likely N-dealkylation sites (tertiary alicyclic amines) is 1. The maximum absolute atomic E-state index is 13.2. The molecular weight excluding hydrogens is 428 g/mol. The summed E-state index contributed by atoms with van der Waals surface area (Å²) in [4.78, 5) is 36.3. The Morgan fingerprint density at radius 1 is 0.941 bits per heavy atom. The molecule has 2 amide bonds. The van der Waals surface area contributed by atoms with Crippen molar-refractivity contribution in [2.24, 2.45) is 0 Å². The quantitative estimate of drug-likeness (QED) is 0.507. The van der Waals surface area contributed by atoms with Crippen molar-refractivity contribution < 1.29 is 14.3 Å². The van der Waals surface area contributed by atoms with Gasteiger partial charge in [-0.2, -0.15) is 0 Å². The van der Waals surface area contributed by atoms with E-state index in [1.807, 2.05) is 48.5 Å². The lowest BCUT2D eigenvalue weighted by Crippen LogP contribution is -2.52. The number of benzene rings is 2. The highest BCUT2D eigenvalue weighted by Gasteiger charge is 2.29. The fraction of sp³-hybridized carbons (Fsp3) is 0.370. The number of carbonyl (C=O) groups excluding carboxylic acids is 2. The molecule has 7 nitrogen and oxygen atoms in total. The van der Waals surface area contributed by atoms with E-state index in [1.54, 1.807) is 22.1 Å². The highest BCUT2D eigenvalue weighted by Crippen LogP contribution is 2.24. The Morgan fingerprint density at radius 2 is 1.76 bits per heavy atom. The van der Waals surface area contributed by atoms with Crippen LogP contribution in [-0.2, 0) is 4.79 Å². The van der Waals surface area contributed by atoms with E-state index in [-0.39, 0.29) is 18.4 Å². The van der Waals surface area contributed by atoms with Crippen LogP contribution >= 0.6 is 0 Å². The normalized spacial score (nSPS) is 16.9. The Morgan fingerprint density at radius 3 is 2.56 bits per heavy atom. The molecule has 3 heterocycles. The number of hydrogen-bond donors (Lipinski definition) is 0. The van der Waals surface area contributed by atoms with Gasteiger partial charge in [0, 0.05) is 42.5 Å². The zero-order valence-electron chi connectivity index (χ0n) is 19.4. The van der Waals surface area contributed by atoms with Gasteiger partial charge >= 0.3 is 0 Å². The van der Waals surface area contributed by atoms with E-state index >= 15 is 0 Å². The minimum absolute atomic E-state index is 0.0598. The summed E-state index contributed by atoms with van der Waals surface area (Å²) in [6, 6.07) is 16.9. The maximum Gasteiger partial charge on any atom is 0.255 e. The van der Waals surface area contributed by atoms with Gasteiger partial charge in [0.15, 0.2) is 0 Å². The standard InChI is InChI=1S/C27H30N4O3/c32-26-20-30(27(33)24-6-3-8-25-23(24)7-4-13-28-25)17-18-31(26)21-9-11-22(12-10-21)34-19-5-16-29-14-1-2-15-29/h3-4,6-13H,1-2,5,14-20H2. The second kappa shape index (κ2) is 10.2. The van der Waals surface area contributed by atoms with Crippen LogP contribution in [0.1, 0.15) is 29.6 Å². The Hall–Kier alpha value is -3.45. The number of carbonyl (C=O) groups is 2. The number of ether oxygens (including phenoxy) is 1. The second-order valence-electron chi connectivity index (χ2n) is 8.89. The number of aromatic nitrogens is 1. The van der Waals surface area contributed by atoms with Crippen LogP contribution in [0.5, 0.6) is 5.75 Å². The molecule has 0 atom stereocenters. The maximum atomic E-state index is 13.2. The molecule has 2 fully saturated rings. The molecule has 0 spiro atoms. The number of nitrogens with zero attached hydrogens (tertiary/aromatic N) is 4. The largest absolute Gasteiger partial charge is 0.494 e. The molecule has 1 aromatic heterocycles. The van der Waals surface area contributed by atoms with Gasteiger partial charge in [0.25, 0.3) is 5.91 Å². The average Bonchev–Trinajstić information content (AvgIpc) is 3.40. The van der Waals surface area contributed by atoms with E-state index in [1.165, 1.54) is 25.9 Å². The molecule has 0 saturated carbocycles. The molecule has 2 aliphatic heterocycles. The van der Waals surface area contributed by atoms with Crippen LogP contribution in [0.25, 0.3) is 10.9 Å². The third-order valence-electron chi connectivity index (χ3n) is 6.62. The first-order chi connectivity index (χ1) is 16.7. The van der Waals surface area contributed by atoms with Crippen molar-refractivity contribution in [2.45, 2.75) is 19.3 Å². The molecule has 176 valence electrons. The first kappa shape index (κ1) is 22.3. The Kier molecular flexibility index (Phi) is 6.72. The molecule has 2 aromatic carbocycles. The number of pyridine rings is 1. The molecule has 3 aromatic rings. The van der Waals surface area contributed by atoms with E-state index < -0.39 is 0 Å².